The molecule has 0 bridgehead atoms. The molecule has 7 heteroatoms. The summed E-state index contributed by atoms with van der Waals surface area (Å²) in [6.07, 6.45) is -4.39. The Hall–Kier alpha value is -2.05. The molecule has 1 aromatic rings. The van der Waals surface area contributed by atoms with Crippen molar-refractivity contribution in [3.05, 3.63) is 35.4 Å². The number of rotatable bonds is 2. The number of halogens is 3. The van der Waals surface area contributed by atoms with Crippen LogP contribution in [-0.2, 0) is 15.8 Å². The number of carboxylic acid groups (broad SMARTS) is 1. The molecule has 0 radical (unpaired) electrons. The molecular formula is C12H10F3NO3. The lowest BCUT2D eigenvalue weighted by molar-refractivity contribution is -0.160. The molecule has 0 aliphatic carbocycles. The van der Waals surface area contributed by atoms with Crippen molar-refractivity contribution in [1.29, 1.82) is 0 Å². The Balaban J connectivity index is 2.19. The molecule has 0 fully saturated rings. The standard InChI is InChI=1S/C12H10F3NO3/c1-11(10(17)18)6-9(16-19-11)7-2-4-8(5-3-7)12(13,14)15/h2-5H,6H2,1H3,(H,17,18)/t11-/m0/s1. The maximum atomic E-state index is 12.4. The predicted molar refractivity (Wildman–Crippen MR) is 59.7 cm³/mol. The number of nitrogens with zero attached hydrogens (tertiary/aromatic N) is 1. The van der Waals surface area contributed by atoms with Crippen molar-refractivity contribution in [1.82, 2.24) is 0 Å². The lowest BCUT2D eigenvalue weighted by atomic mass is 9.96. The Kier molecular flexibility index (Phi) is 3.00. The maximum absolute atomic E-state index is 12.4. The normalized spacial score (nSPS) is 22.8. The van der Waals surface area contributed by atoms with Crippen LogP contribution in [0, 0.1) is 0 Å². The molecule has 1 heterocycles. The molecule has 1 aliphatic heterocycles. The SMILES string of the molecule is C[C@@]1(C(=O)O)CC(c2ccc(C(F)(F)F)cc2)=NO1. The van der Waals surface area contributed by atoms with E-state index in [2.05, 4.69) is 5.16 Å². The van der Waals surface area contributed by atoms with Crippen LogP contribution in [0.2, 0.25) is 0 Å². The third kappa shape index (κ3) is 2.54. The zero-order valence-electron chi connectivity index (χ0n) is 9.86. The molecular weight excluding hydrogens is 263 g/mol. The minimum atomic E-state index is -4.40. The van der Waals surface area contributed by atoms with Gasteiger partial charge in [-0.25, -0.2) is 4.79 Å². The minimum absolute atomic E-state index is 0.00764. The molecule has 1 aliphatic rings. The topological polar surface area (TPSA) is 58.9 Å². The van der Waals surface area contributed by atoms with Crippen molar-refractivity contribution in [2.24, 2.45) is 5.16 Å². The molecule has 2 rings (SSSR count). The van der Waals surface area contributed by atoms with Gasteiger partial charge in [0.05, 0.1) is 11.3 Å². The predicted octanol–water partition coefficient (Wildman–Crippen LogP) is 2.67. The molecule has 0 amide bonds. The summed E-state index contributed by atoms with van der Waals surface area (Å²) in [6.45, 7) is 1.36. The van der Waals surface area contributed by atoms with Crippen molar-refractivity contribution < 1.29 is 27.9 Å². The summed E-state index contributed by atoms with van der Waals surface area (Å²) in [7, 11) is 0. The van der Waals surface area contributed by atoms with Gasteiger partial charge >= 0.3 is 12.1 Å². The second kappa shape index (κ2) is 4.25. The molecule has 0 saturated carbocycles. The van der Waals surface area contributed by atoms with Crippen LogP contribution < -0.4 is 0 Å². The highest BCUT2D eigenvalue weighted by Gasteiger charge is 2.42. The molecule has 0 unspecified atom stereocenters. The number of alkyl halides is 3. The monoisotopic (exact) mass is 273 g/mol. The summed E-state index contributed by atoms with van der Waals surface area (Å²) in [6, 6.07) is 4.35. The van der Waals surface area contributed by atoms with Gasteiger partial charge in [-0.05, 0) is 24.6 Å². The van der Waals surface area contributed by atoms with Crippen molar-refractivity contribution in [3.63, 3.8) is 0 Å². The first-order chi connectivity index (χ1) is 8.72. The first kappa shape index (κ1) is 13.4. The van der Waals surface area contributed by atoms with Crippen LogP contribution in [0.5, 0.6) is 0 Å². The van der Waals surface area contributed by atoms with Gasteiger partial charge in [-0.15, -0.1) is 0 Å². The van der Waals surface area contributed by atoms with E-state index in [0.717, 1.165) is 12.1 Å². The van der Waals surface area contributed by atoms with E-state index >= 15 is 0 Å². The first-order valence-corrected chi connectivity index (χ1v) is 5.38. The Morgan fingerprint density at radius 1 is 1.37 bits per heavy atom. The fraction of sp³-hybridized carbons (Fsp3) is 0.333. The molecule has 0 spiro atoms. The molecule has 1 atom stereocenters. The molecule has 0 aromatic heterocycles. The van der Waals surface area contributed by atoms with Crippen molar-refractivity contribution >= 4 is 11.7 Å². The largest absolute Gasteiger partial charge is 0.478 e. The van der Waals surface area contributed by atoms with Gasteiger partial charge in [-0.2, -0.15) is 13.2 Å². The van der Waals surface area contributed by atoms with E-state index in [1.165, 1.54) is 19.1 Å². The smallest absolute Gasteiger partial charge is 0.416 e. The van der Waals surface area contributed by atoms with Crippen LogP contribution in [0.25, 0.3) is 0 Å². The number of oxime groups is 1. The van der Waals surface area contributed by atoms with E-state index in [-0.39, 0.29) is 6.42 Å². The quantitative estimate of drug-likeness (QED) is 0.901. The summed E-state index contributed by atoms with van der Waals surface area (Å²) >= 11 is 0. The lowest BCUT2D eigenvalue weighted by Crippen LogP contribution is -2.35. The minimum Gasteiger partial charge on any atom is -0.478 e. The van der Waals surface area contributed by atoms with Crippen LogP contribution in [0.3, 0.4) is 0 Å². The Labute approximate surface area is 106 Å². The summed E-state index contributed by atoms with van der Waals surface area (Å²) in [5.74, 6) is -1.17. The number of hydrogen-bond acceptors (Lipinski definition) is 3. The van der Waals surface area contributed by atoms with E-state index < -0.39 is 23.3 Å². The maximum Gasteiger partial charge on any atom is 0.416 e. The number of hydrogen-bond donors (Lipinski definition) is 1. The van der Waals surface area contributed by atoms with Crippen LogP contribution >= 0.6 is 0 Å². The second-order valence-corrected chi connectivity index (χ2v) is 4.42. The van der Waals surface area contributed by atoms with E-state index in [4.69, 9.17) is 9.94 Å². The number of carboxylic acids is 1. The second-order valence-electron chi connectivity index (χ2n) is 4.42. The molecule has 0 saturated heterocycles. The molecule has 1 aromatic carbocycles. The summed E-state index contributed by atoms with van der Waals surface area (Å²) in [4.78, 5) is 15.8. The molecule has 4 nitrogen and oxygen atoms in total. The first-order valence-electron chi connectivity index (χ1n) is 5.38. The van der Waals surface area contributed by atoms with Gasteiger partial charge in [-0.3, -0.25) is 0 Å². The number of benzene rings is 1. The van der Waals surface area contributed by atoms with Crippen molar-refractivity contribution in [2.45, 2.75) is 25.1 Å². The van der Waals surface area contributed by atoms with Crippen LogP contribution in [0.15, 0.2) is 29.4 Å². The highest BCUT2D eigenvalue weighted by molar-refractivity contribution is 6.04. The Morgan fingerprint density at radius 2 is 1.95 bits per heavy atom. The van der Waals surface area contributed by atoms with E-state index in [1.807, 2.05) is 0 Å². The zero-order valence-corrected chi connectivity index (χ0v) is 9.86. The van der Waals surface area contributed by atoms with Crippen molar-refractivity contribution in [3.8, 4) is 0 Å². The van der Waals surface area contributed by atoms with Gasteiger partial charge in [0.2, 0.25) is 5.60 Å². The van der Waals surface area contributed by atoms with Crippen LogP contribution in [-0.4, -0.2) is 22.4 Å². The summed E-state index contributed by atoms with van der Waals surface area (Å²) < 4.78 is 37.2. The van der Waals surface area contributed by atoms with Gasteiger partial charge in [0.25, 0.3) is 0 Å². The average molecular weight is 273 g/mol. The third-order valence-corrected chi connectivity index (χ3v) is 2.86. The Bertz CT molecular complexity index is 536. The number of aliphatic carboxylic acids is 1. The van der Waals surface area contributed by atoms with Gasteiger partial charge in [-0.1, -0.05) is 17.3 Å². The number of carbonyl (C=O) groups is 1. The van der Waals surface area contributed by atoms with Gasteiger partial charge < -0.3 is 9.94 Å². The average Bonchev–Trinajstić information content (AvgIpc) is 2.72. The highest BCUT2D eigenvalue weighted by atomic mass is 19.4. The lowest BCUT2D eigenvalue weighted by Gasteiger charge is -2.14. The van der Waals surface area contributed by atoms with E-state index in [9.17, 15) is 18.0 Å². The highest BCUT2D eigenvalue weighted by Crippen LogP contribution is 2.31. The Morgan fingerprint density at radius 3 is 2.37 bits per heavy atom. The third-order valence-electron chi connectivity index (χ3n) is 2.86. The van der Waals surface area contributed by atoms with Crippen molar-refractivity contribution in [2.75, 3.05) is 0 Å². The molecule has 19 heavy (non-hydrogen) atoms. The molecule has 102 valence electrons. The zero-order chi connectivity index (χ0) is 14.3. The van der Waals surface area contributed by atoms with Crippen LogP contribution in [0.1, 0.15) is 24.5 Å². The fourth-order valence-corrected chi connectivity index (χ4v) is 1.66. The van der Waals surface area contributed by atoms with Gasteiger partial charge in [0.1, 0.15) is 0 Å². The summed E-state index contributed by atoms with van der Waals surface area (Å²) in [5, 5.41) is 12.6. The summed E-state index contributed by atoms with van der Waals surface area (Å²) in [5.41, 5.74) is -1.49. The molecule has 1 N–H and O–H groups in total. The van der Waals surface area contributed by atoms with E-state index in [0.29, 0.717) is 11.3 Å². The van der Waals surface area contributed by atoms with Gasteiger partial charge in [0, 0.05) is 6.42 Å². The van der Waals surface area contributed by atoms with E-state index in [1.54, 1.807) is 0 Å². The fourth-order valence-electron chi connectivity index (χ4n) is 1.66. The van der Waals surface area contributed by atoms with Crippen LogP contribution in [0.4, 0.5) is 13.2 Å². The van der Waals surface area contributed by atoms with Gasteiger partial charge in [0.15, 0.2) is 0 Å².